The number of nitrogens with zero attached hydrogens (tertiary/aromatic N) is 1. The van der Waals surface area contributed by atoms with Gasteiger partial charge in [0.25, 0.3) is 0 Å². The van der Waals surface area contributed by atoms with Gasteiger partial charge in [-0.25, -0.2) is 0 Å². The van der Waals surface area contributed by atoms with Crippen molar-refractivity contribution >= 4 is 32.5 Å². The zero-order chi connectivity index (χ0) is 14.0. The molecule has 0 amide bonds. The van der Waals surface area contributed by atoms with E-state index in [4.69, 9.17) is 4.98 Å². The molecule has 0 saturated carbocycles. The van der Waals surface area contributed by atoms with Crippen LogP contribution >= 0.6 is 15.9 Å². The Kier molecular flexibility index (Phi) is 4.46. The minimum atomic E-state index is 0.997. The number of anilines is 1. The molecule has 1 aromatic carbocycles. The molecule has 2 aromatic rings. The van der Waals surface area contributed by atoms with Crippen molar-refractivity contribution in [3.8, 4) is 0 Å². The summed E-state index contributed by atoms with van der Waals surface area (Å²) in [6, 6.07) is 4.35. The van der Waals surface area contributed by atoms with Gasteiger partial charge in [0.2, 0.25) is 0 Å². The molecule has 1 N–H and O–H groups in total. The van der Waals surface area contributed by atoms with Crippen LogP contribution in [0.2, 0.25) is 0 Å². The SMILES string of the molecule is CCCNc1c(CC)c(C)nc2c(Br)cc(C)cc12. The van der Waals surface area contributed by atoms with Crippen molar-refractivity contribution in [2.75, 3.05) is 11.9 Å². The number of hydrogen-bond acceptors (Lipinski definition) is 2. The van der Waals surface area contributed by atoms with E-state index in [-0.39, 0.29) is 0 Å². The topological polar surface area (TPSA) is 24.9 Å². The van der Waals surface area contributed by atoms with Gasteiger partial charge in [-0.3, -0.25) is 4.98 Å². The van der Waals surface area contributed by atoms with E-state index in [1.807, 2.05) is 0 Å². The Morgan fingerprint density at radius 1 is 1.21 bits per heavy atom. The van der Waals surface area contributed by atoms with E-state index in [1.54, 1.807) is 0 Å². The van der Waals surface area contributed by atoms with Gasteiger partial charge in [-0.2, -0.15) is 0 Å². The highest BCUT2D eigenvalue weighted by molar-refractivity contribution is 9.10. The summed E-state index contributed by atoms with van der Waals surface area (Å²) in [6.45, 7) is 9.60. The number of rotatable bonds is 4. The largest absolute Gasteiger partial charge is 0.384 e. The van der Waals surface area contributed by atoms with Crippen molar-refractivity contribution in [3.63, 3.8) is 0 Å². The summed E-state index contributed by atoms with van der Waals surface area (Å²) >= 11 is 3.64. The quantitative estimate of drug-likeness (QED) is 0.857. The predicted molar refractivity (Wildman–Crippen MR) is 87.1 cm³/mol. The summed E-state index contributed by atoms with van der Waals surface area (Å²) in [6.07, 6.45) is 2.13. The third-order valence-electron chi connectivity index (χ3n) is 3.40. The molecular weight excluding hydrogens is 300 g/mol. The van der Waals surface area contributed by atoms with Gasteiger partial charge in [-0.05, 0) is 65.9 Å². The Morgan fingerprint density at radius 2 is 1.95 bits per heavy atom. The van der Waals surface area contributed by atoms with Crippen LogP contribution in [-0.2, 0) is 6.42 Å². The molecule has 0 saturated heterocycles. The van der Waals surface area contributed by atoms with E-state index in [1.165, 1.54) is 22.2 Å². The summed E-state index contributed by atoms with van der Waals surface area (Å²) in [5.41, 5.74) is 6.03. The zero-order valence-electron chi connectivity index (χ0n) is 12.1. The molecule has 2 nitrogen and oxygen atoms in total. The van der Waals surface area contributed by atoms with Gasteiger partial charge in [0.05, 0.1) is 5.52 Å². The molecule has 19 heavy (non-hydrogen) atoms. The number of aromatic nitrogens is 1. The van der Waals surface area contributed by atoms with E-state index in [0.717, 1.165) is 35.1 Å². The Balaban J connectivity index is 2.76. The van der Waals surface area contributed by atoms with Crippen LogP contribution < -0.4 is 5.32 Å². The molecule has 0 aliphatic heterocycles. The van der Waals surface area contributed by atoms with Crippen molar-refractivity contribution in [3.05, 3.63) is 33.4 Å². The summed E-state index contributed by atoms with van der Waals surface area (Å²) in [5, 5.41) is 4.82. The molecule has 102 valence electrons. The Bertz CT molecular complexity index is 605. The summed E-state index contributed by atoms with van der Waals surface area (Å²) in [4.78, 5) is 4.77. The van der Waals surface area contributed by atoms with Gasteiger partial charge in [0.15, 0.2) is 0 Å². The highest BCUT2D eigenvalue weighted by Gasteiger charge is 2.13. The van der Waals surface area contributed by atoms with E-state index in [0.29, 0.717) is 0 Å². The van der Waals surface area contributed by atoms with Crippen LogP contribution in [0.25, 0.3) is 10.9 Å². The smallest absolute Gasteiger partial charge is 0.0868 e. The Labute approximate surface area is 123 Å². The molecule has 1 aromatic heterocycles. The molecule has 0 bridgehead atoms. The molecule has 0 aliphatic rings. The van der Waals surface area contributed by atoms with Crippen LogP contribution in [-0.4, -0.2) is 11.5 Å². The summed E-state index contributed by atoms with van der Waals surface area (Å²) in [7, 11) is 0. The maximum absolute atomic E-state index is 4.77. The number of nitrogens with one attached hydrogen (secondary N) is 1. The molecule has 0 radical (unpaired) electrons. The molecule has 1 heterocycles. The van der Waals surface area contributed by atoms with Gasteiger partial charge >= 0.3 is 0 Å². The van der Waals surface area contributed by atoms with Gasteiger partial charge < -0.3 is 5.32 Å². The van der Waals surface area contributed by atoms with Crippen molar-refractivity contribution in [2.45, 2.75) is 40.5 Å². The fourth-order valence-corrected chi connectivity index (χ4v) is 3.17. The van der Waals surface area contributed by atoms with E-state index >= 15 is 0 Å². The third-order valence-corrected chi connectivity index (χ3v) is 4.00. The van der Waals surface area contributed by atoms with E-state index < -0.39 is 0 Å². The van der Waals surface area contributed by atoms with Gasteiger partial charge in [0.1, 0.15) is 0 Å². The number of halogens is 1. The maximum Gasteiger partial charge on any atom is 0.0868 e. The Hall–Kier alpha value is -1.09. The lowest BCUT2D eigenvalue weighted by atomic mass is 10.0. The molecule has 0 unspecified atom stereocenters. The second kappa shape index (κ2) is 5.91. The molecule has 0 fully saturated rings. The normalized spacial score (nSPS) is 11.0. The van der Waals surface area contributed by atoms with Crippen LogP contribution in [0.3, 0.4) is 0 Å². The van der Waals surface area contributed by atoms with Crippen LogP contribution in [0.4, 0.5) is 5.69 Å². The van der Waals surface area contributed by atoms with Crippen molar-refractivity contribution in [2.24, 2.45) is 0 Å². The first kappa shape index (κ1) is 14.3. The van der Waals surface area contributed by atoms with Crippen molar-refractivity contribution in [1.29, 1.82) is 0 Å². The van der Waals surface area contributed by atoms with Gasteiger partial charge in [-0.15, -0.1) is 0 Å². The Morgan fingerprint density at radius 3 is 2.58 bits per heavy atom. The molecule has 2 rings (SSSR count). The third kappa shape index (κ3) is 2.76. The summed E-state index contributed by atoms with van der Waals surface area (Å²) in [5.74, 6) is 0. The molecular formula is C16H21BrN2. The van der Waals surface area contributed by atoms with Crippen LogP contribution in [0.5, 0.6) is 0 Å². The average Bonchev–Trinajstić information content (AvgIpc) is 2.37. The molecule has 0 aliphatic carbocycles. The number of aryl methyl sites for hydroxylation is 2. The first-order chi connectivity index (χ1) is 9.08. The summed E-state index contributed by atoms with van der Waals surface area (Å²) < 4.78 is 1.08. The first-order valence-corrected chi connectivity index (χ1v) is 7.71. The molecule has 0 atom stereocenters. The number of fused-ring (bicyclic) bond motifs is 1. The lowest BCUT2D eigenvalue weighted by Crippen LogP contribution is -2.06. The van der Waals surface area contributed by atoms with Gasteiger partial charge in [0, 0.05) is 27.8 Å². The van der Waals surface area contributed by atoms with Gasteiger partial charge in [-0.1, -0.05) is 13.8 Å². The second-order valence-electron chi connectivity index (χ2n) is 4.97. The lowest BCUT2D eigenvalue weighted by Gasteiger charge is -2.17. The minimum absolute atomic E-state index is 0.997. The molecule has 0 spiro atoms. The van der Waals surface area contributed by atoms with E-state index in [9.17, 15) is 0 Å². The zero-order valence-corrected chi connectivity index (χ0v) is 13.7. The first-order valence-electron chi connectivity index (χ1n) is 6.91. The fourth-order valence-electron chi connectivity index (χ4n) is 2.50. The lowest BCUT2D eigenvalue weighted by molar-refractivity contribution is 0.968. The monoisotopic (exact) mass is 320 g/mol. The fraction of sp³-hybridized carbons (Fsp3) is 0.438. The standard InChI is InChI=1S/C16H21BrN2/c1-5-7-18-15-12(6-2)11(4)19-16-13(15)8-10(3)9-14(16)17/h8-9H,5-7H2,1-4H3,(H,18,19). The minimum Gasteiger partial charge on any atom is -0.384 e. The van der Waals surface area contributed by atoms with Crippen molar-refractivity contribution in [1.82, 2.24) is 4.98 Å². The van der Waals surface area contributed by atoms with Crippen LogP contribution in [0.15, 0.2) is 16.6 Å². The number of hydrogen-bond donors (Lipinski definition) is 1. The van der Waals surface area contributed by atoms with Crippen LogP contribution in [0, 0.1) is 13.8 Å². The highest BCUT2D eigenvalue weighted by Crippen LogP contribution is 2.33. The number of pyridine rings is 1. The maximum atomic E-state index is 4.77. The van der Waals surface area contributed by atoms with Crippen molar-refractivity contribution < 1.29 is 0 Å². The highest BCUT2D eigenvalue weighted by atomic mass is 79.9. The molecule has 3 heteroatoms. The van der Waals surface area contributed by atoms with E-state index in [2.05, 4.69) is 61.1 Å². The number of benzene rings is 1. The van der Waals surface area contributed by atoms with Crippen LogP contribution in [0.1, 0.15) is 37.1 Å². The predicted octanol–water partition coefficient (Wildman–Crippen LogP) is 5.00. The average molecular weight is 321 g/mol. The second-order valence-corrected chi connectivity index (χ2v) is 5.83.